The number of carbonyl (C=O) groups is 1. The molecule has 0 atom stereocenters. The van der Waals surface area contributed by atoms with Crippen LogP contribution in [-0.2, 0) is 6.42 Å². The molecule has 0 unspecified atom stereocenters. The molecule has 2 N–H and O–H groups in total. The molecule has 2 amide bonds. The molecule has 4 heteroatoms. The van der Waals surface area contributed by atoms with Crippen molar-refractivity contribution < 1.29 is 4.79 Å². The van der Waals surface area contributed by atoms with Crippen LogP contribution in [0, 0.1) is 6.92 Å². The summed E-state index contributed by atoms with van der Waals surface area (Å²) >= 11 is 6.04. The Morgan fingerprint density at radius 1 is 1.05 bits per heavy atom. The zero-order chi connectivity index (χ0) is 15.9. The van der Waals surface area contributed by atoms with Gasteiger partial charge in [0.05, 0.1) is 0 Å². The van der Waals surface area contributed by atoms with Gasteiger partial charge in [-0.3, -0.25) is 0 Å². The first-order valence-electron chi connectivity index (χ1n) is 7.51. The van der Waals surface area contributed by atoms with E-state index >= 15 is 0 Å². The number of aryl methyl sites for hydroxylation is 2. The van der Waals surface area contributed by atoms with Crippen LogP contribution < -0.4 is 10.6 Å². The fraction of sp³-hybridized carbons (Fsp3) is 0.278. The van der Waals surface area contributed by atoms with Crippen LogP contribution in [-0.4, -0.2) is 6.03 Å². The second-order valence-corrected chi connectivity index (χ2v) is 5.75. The van der Waals surface area contributed by atoms with Crippen LogP contribution in [0.25, 0.3) is 0 Å². The Balaban J connectivity index is 1.92. The molecule has 0 aromatic heterocycles. The summed E-state index contributed by atoms with van der Waals surface area (Å²) in [7, 11) is 0. The van der Waals surface area contributed by atoms with E-state index < -0.39 is 0 Å². The van der Waals surface area contributed by atoms with E-state index in [1.807, 2.05) is 43.3 Å². The summed E-state index contributed by atoms with van der Waals surface area (Å²) in [6.07, 6.45) is 3.44. The lowest BCUT2D eigenvalue weighted by molar-refractivity contribution is 0.262. The van der Waals surface area contributed by atoms with Gasteiger partial charge in [-0.15, -0.1) is 0 Å². The van der Waals surface area contributed by atoms with Crippen LogP contribution in [0.15, 0.2) is 42.5 Å². The first kappa shape index (κ1) is 16.4. The average molecular weight is 317 g/mol. The van der Waals surface area contributed by atoms with Crippen molar-refractivity contribution in [2.75, 3.05) is 10.6 Å². The number of halogens is 1. The van der Waals surface area contributed by atoms with Gasteiger partial charge in [0.15, 0.2) is 0 Å². The smallest absolute Gasteiger partial charge is 0.308 e. The molecule has 116 valence electrons. The number of urea groups is 1. The van der Waals surface area contributed by atoms with E-state index in [0.717, 1.165) is 17.7 Å². The lowest BCUT2D eigenvalue weighted by atomic mass is 10.1. The Hall–Kier alpha value is -2.00. The SMILES string of the molecule is CCCCc1ccc(NC(=O)Nc2ccc(C)c(Cl)c2)cc1. The Kier molecular flexibility index (Phi) is 5.84. The first-order chi connectivity index (χ1) is 10.6. The summed E-state index contributed by atoms with van der Waals surface area (Å²) in [6.45, 7) is 4.10. The van der Waals surface area contributed by atoms with Gasteiger partial charge in [-0.25, -0.2) is 4.79 Å². The normalized spacial score (nSPS) is 10.3. The number of nitrogens with one attached hydrogen (secondary N) is 2. The topological polar surface area (TPSA) is 41.1 Å². The highest BCUT2D eigenvalue weighted by molar-refractivity contribution is 6.31. The highest BCUT2D eigenvalue weighted by atomic mass is 35.5. The van der Waals surface area contributed by atoms with Crippen molar-refractivity contribution in [3.05, 3.63) is 58.6 Å². The second-order valence-electron chi connectivity index (χ2n) is 5.34. The molecule has 0 heterocycles. The minimum Gasteiger partial charge on any atom is -0.308 e. The molecule has 0 saturated carbocycles. The summed E-state index contributed by atoms with van der Waals surface area (Å²) in [5.41, 5.74) is 3.72. The Morgan fingerprint density at radius 3 is 2.32 bits per heavy atom. The van der Waals surface area contributed by atoms with Gasteiger partial charge in [-0.1, -0.05) is 43.1 Å². The third-order valence-corrected chi connectivity index (χ3v) is 3.87. The van der Waals surface area contributed by atoms with Crippen molar-refractivity contribution in [2.45, 2.75) is 33.1 Å². The lowest BCUT2D eigenvalue weighted by Crippen LogP contribution is -2.19. The molecule has 2 rings (SSSR count). The van der Waals surface area contributed by atoms with Crippen LogP contribution in [0.1, 0.15) is 30.9 Å². The second kappa shape index (κ2) is 7.85. The predicted molar refractivity (Wildman–Crippen MR) is 93.9 cm³/mol. The molecule has 0 radical (unpaired) electrons. The minimum absolute atomic E-state index is 0.277. The number of anilines is 2. The van der Waals surface area contributed by atoms with Crippen molar-refractivity contribution in [1.29, 1.82) is 0 Å². The molecule has 0 bridgehead atoms. The van der Waals surface area contributed by atoms with E-state index in [9.17, 15) is 4.79 Å². The van der Waals surface area contributed by atoms with Gasteiger partial charge in [-0.05, 0) is 55.2 Å². The van der Waals surface area contributed by atoms with Crippen molar-refractivity contribution in [2.24, 2.45) is 0 Å². The maximum Gasteiger partial charge on any atom is 0.323 e. The standard InChI is InChI=1S/C18H21ClN2O/c1-3-4-5-14-7-10-15(11-8-14)20-18(22)21-16-9-6-13(2)17(19)12-16/h6-12H,3-5H2,1-2H3,(H2,20,21,22). The maximum absolute atomic E-state index is 12.0. The van der Waals surface area contributed by atoms with Crippen molar-refractivity contribution in [3.8, 4) is 0 Å². The number of amides is 2. The number of carbonyl (C=O) groups excluding carboxylic acids is 1. The fourth-order valence-corrected chi connectivity index (χ4v) is 2.28. The Morgan fingerprint density at radius 2 is 1.68 bits per heavy atom. The van der Waals surface area contributed by atoms with Crippen LogP contribution >= 0.6 is 11.6 Å². The molecule has 2 aromatic carbocycles. The van der Waals surface area contributed by atoms with Crippen LogP contribution in [0.5, 0.6) is 0 Å². The first-order valence-corrected chi connectivity index (χ1v) is 7.89. The van der Waals surface area contributed by atoms with Crippen LogP contribution in [0.4, 0.5) is 16.2 Å². The molecule has 2 aromatic rings. The molecule has 0 saturated heterocycles. The third-order valence-electron chi connectivity index (χ3n) is 3.46. The van der Waals surface area contributed by atoms with Gasteiger partial charge in [-0.2, -0.15) is 0 Å². The van der Waals surface area contributed by atoms with Gasteiger partial charge < -0.3 is 10.6 Å². The van der Waals surface area contributed by atoms with Gasteiger partial charge in [0.25, 0.3) is 0 Å². The van der Waals surface area contributed by atoms with Gasteiger partial charge in [0, 0.05) is 16.4 Å². The van der Waals surface area contributed by atoms with Crippen molar-refractivity contribution in [3.63, 3.8) is 0 Å². The summed E-state index contributed by atoms with van der Waals surface area (Å²) in [5, 5.41) is 6.22. The molecule has 0 aliphatic carbocycles. The third kappa shape index (κ3) is 4.78. The Labute approximate surface area is 136 Å². The highest BCUT2D eigenvalue weighted by Gasteiger charge is 2.04. The van der Waals surface area contributed by atoms with E-state index in [2.05, 4.69) is 17.6 Å². The molecule has 0 fully saturated rings. The molecule has 0 aliphatic heterocycles. The molecule has 22 heavy (non-hydrogen) atoms. The molecule has 0 spiro atoms. The summed E-state index contributed by atoms with van der Waals surface area (Å²) in [4.78, 5) is 12.0. The van der Waals surface area contributed by atoms with E-state index in [1.54, 1.807) is 6.07 Å². The lowest BCUT2D eigenvalue weighted by Gasteiger charge is -2.09. The predicted octanol–water partition coefficient (Wildman–Crippen LogP) is 5.64. The molecule has 0 aliphatic rings. The van der Waals surface area contributed by atoms with Crippen LogP contribution in [0.3, 0.4) is 0 Å². The Bertz CT molecular complexity index is 638. The summed E-state index contributed by atoms with van der Waals surface area (Å²) in [5.74, 6) is 0. The van der Waals surface area contributed by atoms with E-state index in [1.165, 1.54) is 18.4 Å². The zero-order valence-electron chi connectivity index (χ0n) is 12.9. The molecular weight excluding hydrogens is 296 g/mol. The molecule has 3 nitrogen and oxygen atoms in total. The van der Waals surface area contributed by atoms with Gasteiger partial charge in [0.2, 0.25) is 0 Å². The zero-order valence-corrected chi connectivity index (χ0v) is 13.7. The summed E-state index contributed by atoms with van der Waals surface area (Å²) < 4.78 is 0. The number of benzene rings is 2. The minimum atomic E-state index is -0.277. The quantitative estimate of drug-likeness (QED) is 0.737. The van der Waals surface area contributed by atoms with Crippen LogP contribution in [0.2, 0.25) is 5.02 Å². The van der Waals surface area contributed by atoms with Crippen molar-refractivity contribution >= 4 is 29.0 Å². The van der Waals surface area contributed by atoms with E-state index in [4.69, 9.17) is 11.6 Å². The monoisotopic (exact) mass is 316 g/mol. The number of hydrogen-bond acceptors (Lipinski definition) is 1. The van der Waals surface area contributed by atoms with E-state index in [-0.39, 0.29) is 6.03 Å². The van der Waals surface area contributed by atoms with Gasteiger partial charge >= 0.3 is 6.03 Å². The average Bonchev–Trinajstić information content (AvgIpc) is 2.50. The summed E-state index contributed by atoms with van der Waals surface area (Å²) in [6, 6.07) is 13.1. The van der Waals surface area contributed by atoms with Gasteiger partial charge in [0.1, 0.15) is 0 Å². The molecular formula is C18H21ClN2O. The largest absolute Gasteiger partial charge is 0.323 e. The highest BCUT2D eigenvalue weighted by Crippen LogP contribution is 2.20. The maximum atomic E-state index is 12.0. The van der Waals surface area contributed by atoms with E-state index in [0.29, 0.717) is 10.7 Å². The fourth-order valence-electron chi connectivity index (χ4n) is 2.10. The number of hydrogen-bond donors (Lipinski definition) is 2. The van der Waals surface area contributed by atoms with Crippen molar-refractivity contribution in [1.82, 2.24) is 0 Å². The number of unbranched alkanes of at least 4 members (excludes halogenated alkanes) is 1. The number of rotatable bonds is 5.